The predicted octanol–water partition coefficient (Wildman–Crippen LogP) is 5.90. The Morgan fingerprint density at radius 2 is 1.60 bits per heavy atom. The van der Waals surface area contributed by atoms with E-state index in [2.05, 4.69) is 29.5 Å². The molecule has 0 bridgehead atoms. The van der Waals surface area contributed by atoms with E-state index in [0.29, 0.717) is 19.4 Å². The van der Waals surface area contributed by atoms with Crippen molar-refractivity contribution < 1.29 is 28.7 Å². The standard InChI is InChI=1S/C41H65N5O6S/c1-12-27(6)36(45(9)41(50)35(26(4)5)44-38(48)28(7)25(2)3)33(51-10)24-34(47)46-21-16-19-32(46)37(52-11)29(8)39(49)43-31(40-42-20-22-53-40)23-30-17-14-13-15-18-30/h13-15,17-18,20,22,25-29,31-33,35-37H,12,16,19,21,23-24H2,1-11H3,(H,43,49)(H,44,48)/t27-,28-,29+,31-,32?,33+,35-,36-,37+/m0/s1. The highest BCUT2D eigenvalue weighted by atomic mass is 32.1. The van der Waals surface area contributed by atoms with E-state index in [0.717, 1.165) is 23.4 Å². The molecule has 0 spiro atoms. The fraction of sp³-hybridized carbons (Fsp3) is 0.683. The summed E-state index contributed by atoms with van der Waals surface area (Å²) in [7, 11) is 4.93. The van der Waals surface area contributed by atoms with E-state index >= 15 is 0 Å². The van der Waals surface area contributed by atoms with E-state index in [9.17, 15) is 19.2 Å². The van der Waals surface area contributed by atoms with Gasteiger partial charge in [0, 0.05) is 45.3 Å². The molecule has 1 aromatic carbocycles. The van der Waals surface area contributed by atoms with E-state index in [1.165, 1.54) is 11.3 Å². The third-order valence-corrected chi connectivity index (χ3v) is 12.1. The number of carbonyl (C=O) groups excluding carboxylic acids is 4. The van der Waals surface area contributed by atoms with Crippen molar-refractivity contribution in [1.82, 2.24) is 25.4 Å². The maximum absolute atomic E-state index is 14.2. The summed E-state index contributed by atoms with van der Waals surface area (Å²) in [5.74, 6) is -1.40. The van der Waals surface area contributed by atoms with Gasteiger partial charge in [-0.25, -0.2) is 4.98 Å². The lowest BCUT2D eigenvalue weighted by molar-refractivity contribution is -0.148. The summed E-state index contributed by atoms with van der Waals surface area (Å²) in [6.07, 6.45) is 3.53. The van der Waals surface area contributed by atoms with Crippen molar-refractivity contribution in [2.24, 2.45) is 29.6 Å². The number of thiazole rings is 1. The molecule has 1 unspecified atom stereocenters. The molecule has 1 aromatic heterocycles. The molecule has 0 aliphatic carbocycles. The number of carbonyl (C=O) groups is 4. The van der Waals surface area contributed by atoms with Gasteiger partial charge in [0.1, 0.15) is 11.0 Å². The highest BCUT2D eigenvalue weighted by molar-refractivity contribution is 7.09. The Kier molecular flexibility index (Phi) is 17.4. The van der Waals surface area contributed by atoms with Gasteiger partial charge in [-0.3, -0.25) is 19.2 Å². The van der Waals surface area contributed by atoms with Crippen molar-refractivity contribution in [3.8, 4) is 0 Å². The number of benzene rings is 1. The van der Waals surface area contributed by atoms with Gasteiger partial charge in [-0.05, 0) is 42.6 Å². The molecule has 2 aromatic rings. The monoisotopic (exact) mass is 755 g/mol. The Balaban J connectivity index is 1.78. The maximum Gasteiger partial charge on any atom is 0.245 e. The summed E-state index contributed by atoms with van der Waals surface area (Å²) in [5.41, 5.74) is 1.09. The molecule has 0 radical (unpaired) electrons. The van der Waals surface area contributed by atoms with E-state index in [1.54, 1.807) is 32.4 Å². The topological polar surface area (TPSA) is 130 Å². The van der Waals surface area contributed by atoms with Crippen LogP contribution in [0.5, 0.6) is 0 Å². The Hall–Kier alpha value is -3.35. The van der Waals surface area contributed by atoms with Crippen LogP contribution in [0.2, 0.25) is 0 Å². The first-order valence-electron chi connectivity index (χ1n) is 19.3. The van der Waals surface area contributed by atoms with Crippen molar-refractivity contribution in [2.75, 3.05) is 27.8 Å². The molecule has 3 rings (SSSR count). The maximum atomic E-state index is 14.2. The van der Waals surface area contributed by atoms with Gasteiger partial charge in [0.25, 0.3) is 0 Å². The van der Waals surface area contributed by atoms with E-state index in [-0.39, 0.29) is 65.8 Å². The minimum absolute atomic E-state index is 0.00582. The molecule has 296 valence electrons. The van der Waals surface area contributed by atoms with Gasteiger partial charge in [-0.1, -0.05) is 92.1 Å². The zero-order chi connectivity index (χ0) is 39.4. The number of amides is 4. The fourth-order valence-electron chi connectivity index (χ4n) is 7.39. The molecule has 0 saturated carbocycles. The number of ether oxygens (including phenoxy) is 2. The molecule has 2 heterocycles. The highest BCUT2D eigenvalue weighted by Crippen LogP contribution is 2.30. The summed E-state index contributed by atoms with van der Waals surface area (Å²) in [4.78, 5) is 63.3. The number of likely N-dealkylation sites (N-methyl/N-ethyl adjacent to an activating group) is 1. The molecule has 1 aliphatic rings. The van der Waals surface area contributed by atoms with Crippen LogP contribution in [0.4, 0.5) is 0 Å². The SMILES string of the molecule is CC[C@H](C)[C@@H]([C@@H](CC(=O)N1CCCC1[C@H](OC)[C@@H](C)C(=O)N[C@@H](Cc1ccccc1)c1nccs1)OC)N(C)C(=O)[C@@H](NC(=O)[C@@H](C)C(C)C)C(C)C. The van der Waals surface area contributed by atoms with Gasteiger partial charge >= 0.3 is 0 Å². The molecule has 12 heteroatoms. The normalized spacial score (nSPS) is 19.2. The number of nitrogens with one attached hydrogen (secondary N) is 2. The zero-order valence-electron chi connectivity index (χ0n) is 33.8. The average Bonchev–Trinajstić information content (AvgIpc) is 3.86. The summed E-state index contributed by atoms with van der Waals surface area (Å²) < 4.78 is 12.1. The highest BCUT2D eigenvalue weighted by Gasteiger charge is 2.43. The van der Waals surface area contributed by atoms with Crippen LogP contribution in [0.1, 0.15) is 97.7 Å². The van der Waals surface area contributed by atoms with Crippen LogP contribution in [-0.2, 0) is 35.1 Å². The van der Waals surface area contributed by atoms with Crippen molar-refractivity contribution >= 4 is 35.0 Å². The Morgan fingerprint density at radius 1 is 0.943 bits per heavy atom. The van der Waals surface area contributed by atoms with Crippen molar-refractivity contribution in [3.63, 3.8) is 0 Å². The summed E-state index contributed by atoms with van der Waals surface area (Å²) in [6, 6.07) is 8.28. The third kappa shape index (κ3) is 11.6. The lowest BCUT2D eigenvalue weighted by Gasteiger charge is -2.41. The van der Waals surface area contributed by atoms with Crippen LogP contribution in [0.3, 0.4) is 0 Å². The van der Waals surface area contributed by atoms with Crippen molar-refractivity contribution in [1.29, 1.82) is 0 Å². The molecule has 1 fully saturated rings. The largest absolute Gasteiger partial charge is 0.379 e. The zero-order valence-corrected chi connectivity index (χ0v) is 34.7. The lowest BCUT2D eigenvalue weighted by Crippen LogP contribution is -2.58. The molecule has 9 atom stereocenters. The number of hydrogen-bond donors (Lipinski definition) is 2. The van der Waals surface area contributed by atoms with Gasteiger partial charge in [0.15, 0.2) is 0 Å². The third-order valence-electron chi connectivity index (χ3n) is 11.3. The average molecular weight is 756 g/mol. The molecule has 2 N–H and O–H groups in total. The Bertz CT molecular complexity index is 1440. The summed E-state index contributed by atoms with van der Waals surface area (Å²) in [5, 5.41) is 8.98. The minimum atomic E-state index is -0.714. The second-order valence-electron chi connectivity index (χ2n) is 15.5. The first-order valence-corrected chi connectivity index (χ1v) is 20.2. The van der Waals surface area contributed by atoms with Crippen LogP contribution >= 0.6 is 11.3 Å². The van der Waals surface area contributed by atoms with Crippen LogP contribution in [0.15, 0.2) is 41.9 Å². The summed E-state index contributed by atoms with van der Waals surface area (Å²) in [6.45, 7) is 16.2. The number of aromatic nitrogens is 1. The summed E-state index contributed by atoms with van der Waals surface area (Å²) >= 11 is 1.51. The Morgan fingerprint density at radius 3 is 2.15 bits per heavy atom. The smallest absolute Gasteiger partial charge is 0.245 e. The second-order valence-corrected chi connectivity index (χ2v) is 16.4. The van der Waals surface area contributed by atoms with Crippen LogP contribution in [0, 0.1) is 29.6 Å². The van der Waals surface area contributed by atoms with Crippen LogP contribution < -0.4 is 10.6 Å². The van der Waals surface area contributed by atoms with E-state index < -0.39 is 30.2 Å². The molecule has 11 nitrogen and oxygen atoms in total. The van der Waals surface area contributed by atoms with Crippen molar-refractivity contribution in [3.05, 3.63) is 52.5 Å². The molecule has 1 aliphatic heterocycles. The van der Waals surface area contributed by atoms with Gasteiger partial charge in [-0.15, -0.1) is 11.3 Å². The van der Waals surface area contributed by atoms with Gasteiger partial charge in [0.2, 0.25) is 23.6 Å². The van der Waals surface area contributed by atoms with Gasteiger partial charge in [0.05, 0.1) is 42.7 Å². The minimum Gasteiger partial charge on any atom is -0.379 e. The number of nitrogens with zero attached hydrogens (tertiary/aromatic N) is 3. The number of likely N-dealkylation sites (tertiary alicyclic amines) is 1. The first-order chi connectivity index (χ1) is 25.2. The van der Waals surface area contributed by atoms with Gasteiger partial charge in [-0.2, -0.15) is 0 Å². The molecule has 53 heavy (non-hydrogen) atoms. The fourth-order valence-corrected chi connectivity index (χ4v) is 8.08. The Labute approximate surface area is 322 Å². The molecule has 1 saturated heterocycles. The number of methoxy groups -OCH3 is 2. The predicted molar refractivity (Wildman–Crippen MR) is 210 cm³/mol. The molecular weight excluding hydrogens is 691 g/mol. The van der Waals surface area contributed by atoms with E-state index in [1.807, 2.05) is 82.2 Å². The van der Waals surface area contributed by atoms with E-state index in [4.69, 9.17) is 9.47 Å². The quantitative estimate of drug-likeness (QED) is 0.172. The number of hydrogen-bond acceptors (Lipinski definition) is 8. The van der Waals surface area contributed by atoms with Gasteiger partial charge < -0.3 is 29.9 Å². The first kappa shape index (κ1) is 44.0. The molecule has 4 amide bonds. The lowest BCUT2D eigenvalue weighted by atomic mass is 9.89. The van der Waals surface area contributed by atoms with Crippen LogP contribution in [-0.4, -0.2) is 96.6 Å². The number of rotatable bonds is 20. The van der Waals surface area contributed by atoms with Crippen molar-refractivity contribution in [2.45, 2.75) is 124 Å². The van der Waals surface area contributed by atoms with Crippen LogP contribution in [0.25, 0.3) is 0 Å². The molecular formula is C41H65N5O6S. The second kappa shape index (κ2) is 20.9.